The zero-order chi connectivity index (χ0) is 31.9. The summed E-state index contributed by atoms with van der Waals surface area (Å²) in [4.78, 5) is 17.5. The van der Waals surface area contributed by atoms with Crippen molar-refractivity contribution in [1.29, 1.82) is 0 Å². The first-order chi connectivity index (χ1) is 23.8. The molecule has 0 bridgehead atoms. The third-order valence-electron chi connectivity index (χ3n) is 8.81. The molecule has 0 aliphatic rings. The van der Waals surface area contributed by atoms with Crippen molar-refractivity contribution < 1.29 is 0 Å². The maximum absolute atomic E-state index is 5.23. The van der Waals surface area contributed by atoms with Gasteiger partial charge in [0.25, 0.3) is 0 Å². The van der Waals surface area contributed by atoms with Gasteiger partial charge >= 0.3 is 0 Å². The highest BCUT2D eigenvalue weighted by Gasteiger charge is 2.20. The summed E-state index contributed by atoms with van der Waals surface area (Å²) in [5.74, 6) is 0. The Hall–Kier alpha value is -6.59. The molecule has 226 valence electrons. The smallest absolute Gasteiger partial charge is 0.137 e. The van der Waals surface area contributed by atoms with Crippen molar-refractivity contribution in [3.8, 4) is 33.8 Å². The molecule has 0 saturated heterocycles. The standard InChI is InChI=1S/C43H29N5/c1-3-13-31(14-4-1)42-43(46-38-20-10-9-19-37(38)45-42)36-26-27-40(35-18-8-7-17-34(35)36)48(32-15-5-2-6-16-32)33-24-22-30(23-25-33)39-29-47-28-12-11-21-41(47)44-39/h1-29H. The SMILES string of the molecule is c1ccc(-c2nc3ccccc3nc2-c2ccc(N(c3ccccc3)c3ccc(-c4cn5ccccc5n4)cc3)c3ccccc23)cc1. The van der Waals surface area contributed by atoms with Crippen LogP contribution < -0.4 is 4.90 Å². The van der Waals surface area contributed by atoms with Gasteiger partial charge in [0.1, 0.15) is 5.65 Å². The first-order valence-corrected chi connectivity index (χ1v) is 16.0. The third-order valence-corrected chi connectivity index (χ3v) is 8.81. The van der Waals surface area contributed by atoms with Crippen LogP contribution in [-0.2, 0) is 0 Å². The number of pyridine rings is 1. The summed E-state index contributed by atoms with van der Waals surface area (Å²) in [5.41, 5.74) is 11.7. The van der Waals surface area contributed by atoms with Gasteiger partial charge in [-0.1, -0.05) is 103 Å². The third kappa shape index (κ3) is 4.86. The van der Waals surface area contributed by atoms with E-state index in [1.165, 1.54) is 0 Å². The molecule has 0 aliphatic heterocycles. The molecule has 0 unspecified atom stereocenters. The number of hydrogen-bond acceptors (Lipinski definition) is 4. The molecule has 0 atom stereocenters. The van der Waals surface area contributed by atoms with Gasteiger partial charge in [-0.25, -0.2) is 15.0 Å². The van der Waals surface area contributed by atoms with Gasteiger partial charge in [0.05, 0.1) is 33.8 Å². The lowest BCUT2D eigenvalue weighted by Crippen LogP contribution is -2.10. The summed E-state index contributed by atoms with van der Waals surface area (Å²) < 4.78 is 2.05. The van der Waals surface area contributed by atoms with Gasteiger partial charge in [0.2, 0.25) is 0 Å². The van der Waals surface area contributed by atoms with Gasteiger partial charge in [-0.2, -0.15) is 0 Å². The van der Waals surface area contributed by atoms with E-state index in [1.54, 1.807) is 0 Å². The molecule has 0 aliphatic carbocycles. The van der Waals surface area contributed by atoms with E-state index in [1.807, 2.05) is 54.7 Å². The first kappa shape index (κ1) is 27.7. The normalized spacial score (nSPS) is 11.3. The van der Waals surface area contributed by atoms with E-state index < -0.39 is 0 Å². The molecular formula is C43H29N5. The highest BCUT2D eigenvalue weighted by atomic mass is 15.1. The van der Waals surface area contributed by atoms with Crippen molar-refractivity contribution in [1.82, 2.24) is 19.4 Å². The van der Waals surface area contributed by atoms with Crippen LogP contribution in [0.15, 0.2) is 176 Å². The summed E-state index contributed by atoms with van der Waals surface area (Å²) in [7, 11) is 0. The minimum atomic E-state index is 0.866. The summed E-state index contributed by atoms with van der Waals surface area (Å²) in [6.45, 7) is 0. The fraction of sp³-hybridized carbons (Fsp3) is 0. The van der Waals surface area contributed by atoms with Gasteiger partial charge in [-0.15, -0.1) is 0 Å². The van der Waals surface area contributed by atoms with E-state index in [0.717, 1.165) is 78.3 Å². The predicted octanol–water partition coefficient (Wildman–Crippen LogP) is 10.9. The van der Waals surface area contributed by atoms with Crippen LogP contribution in [0.1, 0.15) is 0 Å². The first-order valence-electron chi connectivity index (χ1n) is 16.0. The molecule has 3 heterocycles. The summed E-state index contributed by atoms with van der Waals surface area (Å²) in [6, 6.07) is 56.7. The summed E-state index contributed by atoms with van der Waals surface area (Å²) in [5, 5.41) is 2.23. The van der Waals surface area contributed by atoms with E-state index in [-0.39, 0.29) is 0 Å². The molecule has 3 aromatic heterocycles. The molecule has 0 fully saturated rings. The van der Waals surface area contributed by atoms with Crippen molar-refractivity contribution >= 4 is 44.5 Å². The van der Waals surface area contributed by atoms with Gasteiger partial charge < -0.3 is 9.30 Å². The average Bonchev–Trinajstić information content (AvgIpc) is 3.60. The number of para-hydroxylation sites is 3. The fourth-order valence-corrected chi connectivity index (χ4v) is 6.53. The molecule has 9 rings (SSSR count). The average molecular weight is 616 g/mol. The maximum Gasteiger partial charge on any atom is 0.137 e. The molecule has 0 spiro atoms. The Balaban J connectivity index is 1.21. The molecule has 9 aromatic rings. The molecule has 6 aromatic carbocycles. The second-order valence-electron chi connectivity index (χ2n) is 11.8. The number of hydrogen-bond donors (Lipinski definition) is 0. The van der Waals surface area contributed by atoms with Crippen LogP contribution in [0.2, 0.25) is 0 Å². The molecule has 0 N–H and O–H groups in total. The Labute approximate surface area is 278 Å². The van der Waals surface area contributed by atoms with Crippen molar-refractivity contribution in [3.63, 3.8) is 0 Å². The van der Waals surface area contributed by atoms with Crippen molar-refractivity contribution in [2.75, 3.05) is 4.90 Å². The predicted molar refractivity (Wildman–Crippen MR) is 197 cm³/mol. The van der Waals surface area contributed by atoms with E-state index >= 15 is 0 Å². The highest BCUT2D eigenvalue weighted by molar-refractivity contribution is 6.07. The quantitative estimate of drug-likeness (QED) is 0.187. The Bertz CT molecular complexity index is 2520. The van der Waals surface area contributed by atoms with Crippen LogP contribution in [-0.4, -0.2) is 19.4 Å². The van der Waals surface area contributed by atoms with Gasteiger partial charge in [0.15, 0.2) is 0 Å². The lowest BCUT2D eigenvalue weighted by Gasteiger charge is -2.27. The monoisotopic (exact) mass is 615 g/mol. The molecule has 0 amide bonds. The minimum absolute atomic E-state index is 0.866. The van der Waals surface area contributed by atoms with E-state index in [2.05, 4.69) is 131 Å². The topological polar surface area (TPSA) is 46.3 Å². The number of rotatable bonds is 6. The number of benzene rings is 6. The number of anilines is 3. The van der Waals surface area contributed by atoms with Crippen LogP contribution in [0.3, 0.4) is 0 Å². The lowest BCUT2D eigenvalue weighted by molar-refractivity contribution is 1.19. The Kier molecular flexibility index (Phi) is 6.72. The Morgan fingerprint density at radius 1 is 0.438 bits per heavy atom. The van der Waals surface area contributed by atoms with Crippen molar-refractivity contribution in [2.24, 2.45) is 0 Å². The van der Waals surface area contributed by atoms with Gasteiger partial charge in [-0.3, -0.25) is 0 Å². The number of aromatic nitrogens is 4. The molecule has 0 radical (unpaired) electrons. The fourth-order valence-electron chi connectivity index (χ4n) is 6.53. The number of nitrogens with zero attached hydrogens (tertiary/aromatic N) is 5. The largest absolute Gasteiger partial charge is 0.310 e. The highest BCUT2D eigenvalue weighted by Crippen LogP contribution is 2.43. The zero-order valence-corrected chi connectivity index (χ0v) is 26.0. The second-order valence-corrected chi connectivity index (χ2v) is 11.8. The van der Waals surface area contributed by atoms with Crippen LogP contribution >= 0.6 is 0 Å². The number of imidazole rings is 1. The maximum atomic E-state index is 5.23. The van der Waals surface area contributed by atoms with Crippen LogP contribution in [0.4, 0.5) is 17.1 Å². The second kappa shape index (κ2) is 11.6. The number of fused-ring (bicyclic) bond motifs is 3. The molecule has 5 nitrogen and oxygen atoms in total. The van der Waals surface area contributed by atoms with Crippen LogP contribution in [0, 0.1) is 0 Å². The zero-order valence-electron chi connectivity index (χ0n) is 26.0. The van der Waals surface area contributed by atoms with Crippen molar-refractivity contribution in [2.45, 2.75) is 0 Å². The Morgan fingerprint density at radius 2 is 1.06 bits per heavy atom. The minimum Gasteiger partial charge on any atom is -0.310 e. The van der Waals surface area contributed by atoms with E-state index in [0.29, 0.717) is 0 Å². The summed E-state index contributed by atoms with van der Waals surface area (Å²) >= 11 is 0. The van der Waals surface area contributed by atoms with Crippen LogP contribution in [0.25, 0.3) is 61.2 Å². The molecular weight excluding hydrogens is 587 g/mol. The summed E-state index contributed by atoms with van der Waals surface area (Å²) in [6.07, 6.45) is 4.10. The Morgan fingerprint density at radius 3 is 1.81 bits per heavy atom. The van der Waals surface area contributed by atoms with Gasteiger partial charge in [0, 0.05) is 45.8 Å². The van der Waals surface area contributed by atoms with Crippen molar-refractivity contribution in [3.05, 3.63) is 176 Å². The molecule has 48 heavy (non-hydrogen) atoms. The van der Waals surface area contributed by atoms with E-state index in [9.17, 15) is 0 Å². The van der Waals surface area contributed by atoms with E-state index in [4.69, 9.17) is 15.0 Å². The van der Waals surface area contributed by atoms with Gasteiger partial charge in [-0.05, 0) is 66.0 Å². The van der Waals surface area contributed by atoms with Crippen LogP contribution in [0.5, 0.6) is 0 Å². The molecule has 5 heteroatoms. The molecule has 0 saturated carbocycles. The lowest BCUT2D eigenvalue weighted by atomic mass is 9.96.